The summed E-state index contributed by atoms with van der Waals surface area (Å²) < 4.78 is 5.65. The highest BCUT2D eigenvalue weighted by atomic mass is 35.5. The van der Waals surface area contributed by atoms with Crippen molar-refractivity contribution < 1.29 is 25.2 Å². The first-order chi connectivity index (χ1) is 14.9. The quantitative estimate of drug-likeness (QED) is 0.459. The van der Waals surface area contributed by atoms with Gasteiger partial charge in [0.05, 0.1) is 17.2 Å². The molecule has 4 rings (SSSR count). The van der Waals surface area contributed by atoms with Crippen LogP contribution in [0.2, 0.25) is 5.02 Å². The summed E-state index contributed by atoms with van der Waals surface area (Å²) >= 11 is 8.04. The average molecular weight is 463 g/mol. The Balaban J connectivity index is 1.55. The Morgan fingerprint density at radius 1 is 1.00 bits per heavy atom. The number of aliphatic hydroxyl groups excluding tert-OH is 4. The fourth-order valence-electron chi connectivity index (χ4n) is 3.64. The lowest BCUT2D eigenvalue weighted by Crippen LogP contribution is -2.55. The first-order valence-corrected chi connectivity index (χ1v) is 11.0. The van der Waals surface area contributed by atoms with Crippen LogP contribution in [0.1, 0.15) is 27.8 Å². The van der Waals surface area contributed by atoms with E-state index in [1.807, 2.05) is 31.2 Å². The number of halogens is 1. The lowest BCUT2D eigenvalue weighted by molar-refractivity contribution is -0.231. The molecule has 4 N–H and O–H groups in total. The van der Waals surface area contributed by atoms with Crippen LogP contribution in [0.25, 0.3) is 10.6 Å². The minimum absolute atomic E-state index is 0.418. The van der Waals surface area contributed by atoms with Crippen LogP contribution in [0.15, 0.2) is 42.5 Å². The Morgan fingerprint density at radius 2 is 1.81 bits per heavy atom. The highest BCUT2D eigenvalue weighted by molar-refractivity contribution is 7.15. The number of nitrogens with zero attached hydrogens (tertiary/aromatic N) is 2. The van der Waals surface area contributed by atoms with Gasteiger partial charge in [-0.25, -0.2) is 0 Å². The van der Waals surface area contributed by atoms with Crippen LogP contribution in [0.4, 0.5) is 0 Å². The molecule has 0 spiro atoms. The molecule has 0 unspecified atom stereocenters. The molecule has 1 fully saturated rings. The van der Waals surface area contributed by atoms with Gasteiger partial charge in [-0.05, 0) is 48.4 Å². The summed E-state index contributed by atoms with van der Waals surface area (Å²) in [5.74, 6) is 0. The largest absolute Gasteiger partial charge is 0.394 e. The van der Waals surface area contributed by atoms with Crippen LogP contribution < -0.4 is 0 Å². The number of rotatable bonds is 5. The number of aryl methyl sites for hydroxylation is 1. The number of aromatic nitrogens is 2. The van der Waals surface area contributed by atoms with Crippen molar-refractivity contribution in [3.8, 4) is 10.6 Å². The smallest absolute Gasteiger partial charge is 0.113 e. The van der Waals surface area contributed by atoms with E-state index in [1.54, 1.807) is 29.5 Å². The number of hydrogen-bond acceptors (Lipinski definition) is 8. The molecule has 164 valence electrons. The van der Waals surface area contributed by atoms with Crippen LogP contribution in [-0.4, -0.2) is 61.6 Å². The monoisotopic (exact) mass is 462 g/mol. The lowest BCUT2D eigenvalue weighted by atomic mass is 9.90. The topological polar surface area (TPSA) is 116 Å². The third-order valence-electron chi connectivity index (χ3n) is 5.37. The van der Waals surface area contributed by atoms with E-state index >= 15 is 0 Å². The van der Waals surface area contributed by atoms with Crippen molar-refractivity contribution >= 4 is 22.9 Å². The summed E-state index contributed by atoms with van der Waals surface area (Å²) in [7, 11) is 0. The fraction of sp³-hybridized carbons (Fsp3) is 0.364. The summed E-state index contributed by atoms with van der Waals surface area (Å²) in [6.07, 6.45) is -5.65. The molecule has 1 aliphatic rings. The van der Waals surface area contributed by atoms with Crippen LogP contribution in [0.5, 0.6) is 0 Å². The first-order valence-electron chi connectivity index (χ1n) is 9.85. The molecular weight excluding hydrogens is 440 g/mol. The molecule has 1 aromatic carbocycles. The molecule has 0 amide bonds. The van der Waals surface area contributed by atoms with Gasteiger partial charge in [-0.3, -0.25) is 0 Å². The number of hydrogen-bond donors (Lipinski definition) is 4. The second kappa shape index (κ2) is 9.30. The van der Waals surface area contributed by atoms with Gasteiger partial charge in [0.1, 0.15) is 36.2 Å². The number of ether oxygens (including phenoxy) is 1. The molecular formula is C22H23ClN2O5S. The number of benzene rings is 1. The van der Waals surface area contributed by atoms with Gasteiger partial charge in [0.25, 0.3) is 0 Å². The van der Waals surface area contributed by atoms with Crippen molar-refractivity contribution in [2.45, 2.75) is 43.9 Å². The zero-order valence-electron chi connectivity index (χ0n) is 16.7. The van der Waals surface area contributed by atoms with Crippen molar-refractivity contribution in [1.29, 1.82) is 0 Å². The van der Waals surface area contributed by atoms with Crippen LogP contribution in [0.3, 0.4) is 0 Å². The molecule has 9 heteroatoms. The minimum atomic E-state index is -1.44. The van der Waals surface area contributed by atoms with E-state index in [0.29, 0.717) is 17.0 Å². The van der Waals surface area contributed by atoms with E-state index in [-0.39, 0.29) is 0 Å². The van der Waals surface area contributed by atoms with Gasteiger partial charge in [0.2, 0.25) is 0 Å². The lowest BCUT2D eigenvalue weighted by Gasteiger charge is -2.40. The maximum Gasteiger partial charge on any atom is 0.113 e. The van der Waals surface area contributed by atoms with E-state index in [4.69, 9.17) is 16.3 Å². The van der Waals surface area contributed by atoms with Crippen LogP contribution >= 0.6 is 22.9 Å². The second-order valence-corrected chi connectivity index (χ2v) is 9.29. The molecule has 0 radical (unpaired) electrons. The van der Waals surface area contributed by atoms with Crippen molar-refractivity contribution in [2.24, 2.45) is 0 Å². The zero-order chi connectivity index (χ0) is 22.1. The third kappa shape index (κ3) is 4.65. The number of aliphatic hydroxyl groups is 4. The second-order valence-electron chi connectivity index (χ2n) is 7.60. The molecule has 1 aliphatic heterocycles. The van der Waals surface area contributed by atoms with E-state index < -0.39 is 37.1 Å². The van der Waals surface area contributed by atoms with Crippen molar-refractivity contribution in [3.63, 3.8) is 0 Å². The van der Waals surface area contributed by atoms with Gasteiger partial charge >= 0.3 is 0 Å². The maximum absolute atomic E-state index is 10.4. The molecule has 3 heterocycles. The molecule has 31 heavy (non-hydrogen) atoms. The Morgan fingerprint density at radius 3 is 2.45 bits per heavy atom. The van der Waals surface area contributed by atoms with E-state index in [1.165, 1.54) is 4.88 Å². The Bertz CT molecular complexity index is 1040. The van der Waals surface area contributed by atoms with Gasteiger partial charge in [0, 0.05) is 16.3 Å². The van der Waals surface area contributed by atoms with E-state index in [2.05, 4.69) is 10.2 Å². The van der Waals surface area contributed by atoms with Crippen LogP contribution in [0, 0.1) is 6.92 Å². The zero-order valence-corrected chi connectivity index (χ0v) is 18.3. The van der Waals surface area contributed by atoms with Crippen molar-refractivity contribution in [2.75, 3.05) is 6.61 Å². The molecule has 1 saturated heterocycles. The standard InChI is InChI=1S/C22H23ClN2O5S/c1-11-2-7-18(31-11)16-6-4-14(24-25-16)9-13-8-12(3-5-15(13)23)22-21(29)20(28)19(27)17(10-26)30-22/h2-8,17,19-22,26-29H,9-10H2,1H3/t17-,19-,20+,21-,22+/m1/s1. The third-order valence-corrected chi connectivity index (χ3v) is 6.77. The van der Waals surface area contributed by atoms with Gasteiger partial charge in [-0.2, -0.15) is 5.10 Å². The predicted octanol–water partition coefficient (Wildman–Crippen LogP) is 2.27. The Hall–Kier alpha value is -1.91. The molecule has 2 aromatic heterocycles. The molecule has 3 aromatic rings. The van der Waals surface area contributed by atoms with Gasteiger partial charge < -0.3 is 25.2 Å². The molecule has 0 saturated carbocycles. The van der Waals surface area contributed by atoms with E-state index in [9.17, 15) is 20.4 Å². The van der Waals surface area contributed by atoms with Crippen molar-refractivity contribution in [1.82, 2.24) is 10.2 Å². The molecule has 7 nitrogen and oxygen atoms in total. The normalized spacial score (nSPS) is 26.2. The van der Waals surface area contributed by atoms with E-state index in [0.717, 1.165) is 21.8 Å². The Labute approximate surface area is 188 Å². The minimum Gasteiger partial charge on any atom is -0.394 e. The average Bonchev–Trinajstić information content (AvgIpc) is 3.21. The van der Waals surface area contributed by atoms with Crippen LogP contribution in [-0.2, 0) is 11.2 Å². The molecule has 0 bridgehead atoms. The van der Waals surface area contributed by atoms with Gasteiger partial charge in [0.15, 0.2) is 0 Å². The summed E-state index contributed by atoms with van der Waals surface area (Å²) in [5.41, 5.74) is 2.87. The summed E-state index contributed by atoms with van der Waals surface area (Å²) in [5, 5.41) is 49.0. The fourth-order valence-corrected chi connectivity index (χ4v) is 4.65. The highest BCUT2D eigenvalue weighted by Gasteiger charge is 2.44. The summed E-state index contributed by atoms with van der Waals surface area (Å²) in [6, 6.07) is 13.0. The number of thiophene rings is 1. The van der Waals surface area contributed by atoms with Crippen molar-refractivity contribution in [3.05, 3.63) is 69.2 Å². The molecule has 5 atom stereocenters. The summed E-state index contributed by atoms with van der Waals surface area (Å²) in [6.45, 7) is 1.56. The molecule has 0 aliphatic carbocycles. The van der Waals surface area contributed by atoms with Gasteiger partial charge in [-0.1, -0.05) is 23.7 Å². The van der Waals surface area contributed by atoms with Gasteiger partial charge in [-0.15, -0.1) is 16.4 Å². The first kappa shape index (κ1) is 22.3. The SMILES string of the molecule is Cc1ccc(-c2ccc(Cc3cc([C@@H]4O[C@H](CO)[C@@H](O)[C@H](O)[C@H]4O)ccc3Cl)nn2)s1. The maximum atomic E-state index is 10.4. The highest BCUT2D eigenvalue weighted by Crippen LogP contribution is 2.34. The predicted molar refractivity (Wildman–Crippen MR) is 117 cm³/mol. The Kier molecular flexibility index (Phi) is 6.68. The summed E-state index contributed by atoms with van der Waals surface area (Å²) in [4.78, 5) is 2.26.